The second kappa shape index (κ2) is 6.76. The molecule has 0 unspecified atom stereocenters. The molecule has 0 bridgehead atoms. The summed E-state index contributed by atoms with van der Waals surface area (Å²) in [6.45, 7) is 2.39. The molecule has 2 aromatic rings. The van der Waals surface area contributed by atoms with Gasteiger partial charge in [0.2, 0.25) is 10.0 Å². The third kappa shape index (κ3) is 3.61. The summed E-state index contributed by atoms with van der Waals surface area (Å²) in [6.07, 6.45) is 0.595. The molecule has 132 valence electrons. The molecular weight excluding hydrogens is 340 g/mol. The number of nitrogens with one attached hydrogen (secondary N) is 1. The van der Waals surface area contributed by atoms with E-state index in [9.17, 15) is 13.2 Å². The van der Waals surface area contributed by atoms with Gasteiger partial charge in [-0.2, -0.15) is 0 Å². The van der Waals surface area contributed by atoms with Gasteiger partial charge in [0.25, 0.3) is 5.91 Å². The first-order valence-electron chi connectivity index (χ1n) is 7.97. The Morgan fingerprint density at radius 3 is 2.48 bits per heavy atom. The van der Waals surface area contributed by atoms with Crippen molar-refractivity contribution in [2.24, 2.45) is 0 Å². The topological polar surface area (TPSA) is 75.7 Å². The zero-order chi connectivity index (χ0) is 18.0. The molecular formula is C18H20N2O4S. The minimum absolute atomic E-state index is 0.141. The first-order valence-corrected chi connectivity index (χ1v) is 9.58. The van der Waals surface area contributed by atoms with Gasteiger partial charge in [0.05, 0.1) is 18.6 Å². The normalized spacial score (nSPS) is 15.8. The van der Waals surface area contributed by atoms with Crippen molar-refractivity contribution in [3.8, 4) is 5.75 Å². The van der Waals surface area contributed by atoms with Crippen LogP contribution in [-0.2, 0) is 10.0 Å². The summed E-state index contributed by atoms with van der Waals surface area (Å²) < 4.78 is 30.9. The maximum atomic E-state index is 12.3. The Balaban J connectivity index is 1.84. The highest BCUT2D eigenvalue weighted by Crippen LogP contribution is 2.35. The number of carbonyl (C=O) groups is 1. The molecule has 0 saturated carbocycles. The average molecular weight is 360 g/mol. The zero-order valence-corrected chi connectivity index (χ0v) is 15.0. The molecule has 3 rings (SSSR count). The van der Waals surface area contributed by atoms with Crippen LogP contribution in [0.3, 0.4) is 0 Å². The number of benzene rings is 2. The Bertz CT molecular complexity index is 892. The number of rotatable bonds is 4. The second-order valence-electron chi connectivity index (χ2n) is 5.95. The highest BCUT2D eigenvalue weighted by molar-refractivity contribution is 7.93. The summed E-state index contributed by atoms with van der Waals surface area (Å²) in [6, 6.07) is 12.2. The number of anilines is 2. The fourth-order valence-electron chi connectivity index (χ4n) is 2.78. The van der Waals surface area contributed by atoms with Crippen LogP contribution in [0.25, 0.3) is 0 Å². The van der Waals surface area contributed by atoms with Gasteiger partial charge < -0.3 is 10.1 Å². The minimum Gasteiger partial charge on any atom is -0.494 e. The van der Waals surface area contributed by atoms with Gasteiger partial charge in [-0.25, -0.2) is 8.42 Å². The molecule has 25 heavy (non-hydrogen) atoms. The summed E-state index contributed by atoms with van der Waals surface area (Å²) in [5, 5.41) is 2.80. The van der Waals surface area contributed by atoms with Gasteiger partial charge in [-0.05, 0) is 37.6 Å². The van der Waals surface area contributed by atoms with Crippen LogP contribution in [0, 0.1) is 6.92 Å². The van der Waals surface area contributed by atoms with Crippen molar-refractivity contribution in [2.45, 2.75) is 13.3 Å². The van der Waals surface area contributed by atoms with E-state index in [1.54, 1.807) is 30.3 Å². The lowest BCUT2D eigenvalue weighted by Crippen LogP contribution is -2.25. The number of methoxy groups -OCH3 is 1. The first-order chi connectivity index (χ1) is 11.9. The number of aryl methyl sites for hydroxylation is 1. The van der Waals surface area contributed by atoms with E-state index in [0.717, 1.165) is 5.56 Å². The third-order valence-corrected chi connectivity index (χ3v) is 5.97. The summed E-state index contributed by atoms with van der Waals surface area (Å²) in [5.74, 6) is 0.318. The first kappa shape index (κ1) is 17.3. The van der Waals surface area contributed by atoms with Crippen molar-refractivity contribution in [3.05, 3.63) is 53.6 Å². The second-order valence-corrected chi connectivity index (χ2v) is 7.96. The van der Waals surface area contributed by atoms with Gasteiger partial charge >= 0.3 is 0 Å². The van der Waals surface area contributed by atoms with Crippen LogP contribution in [0.4, 0.5) is 11.4 Å². The Morgan fingerprint density at radius 2 is 1.88 bits per heavy atom. The predicted molar refractivity (Wildman–Crippen MR) is 97.9 cm³/mol. The van der Waals surface area contributed by atoms with Crippen molar-refractivity contribution < 1.29 is 17.9 Å². The lowest BCUT2D eigenvalue weighted by atomic mass is 10.1. The van der Waals surface area contributed by atoms with E-state index in [1.807, 2.05) is 19.1 Å². The van der Waals surface area contributed by atoms with Crippen molar-refractivity contribution >= 4 is 27.3 Å². The van der Waals surface area contributed by atoms with E-state index in [4.69, 9.17) is 4.74 Å². The van der Waals surface area contributed by atoms with Gasteiger partial charge in [-0.15, -0.1) is 0 Å². The quantitative estimate of drug-likeness (QED) is 0.910. The molecule has 1 aliphatic heterocycles. The van der Waals surface area contributed by atoms with Crippen LogP contribution < -0.4 is 14.4 Å². The summed E-state index contributed by atoms with van der Waals surface area (Å²) >= 11 is 0. The number of sulfonamides is 1. The maximum absolute atomic E-state index is 12.3. The number of nitrogens with zero attached hydrogens (tertiary/aromatic N) is 1. The van der Waals surface area contributed by atoms with E-state index < -0.39 is 10.0 Å². The molecule has 1 heterocycles. The Hall–Kier alpha value is -2.54. The van der Waals surface area contributed by atoms with Gasteiger partial charge in [-0.3, -0.25) is 9.10 Å². The lowest BCUT2D eigenvalue weighted by Gasteiger charge is -2.20. The SMILES string of the molecule is COc1cc(NC(=O)c2ccc(C)cc2)ccc1N1CCCS1(=O)=O. The van der Waals surface area contributed by atoms with Crippen LogP contribution in [0.15, 0.2) is 42.5 Å². The number of hydrogen-bond acceptors (Lipinski definition) is 4. The largest absolute Gasteiger partial charge is 0.494 e. The van der Waals surface area contributed by atoms with E-state index in [2.05, 4.69) is 5.32 Å². The number of ether oxygens (including phenoxy) is 1. The molecule has 0 aliphatic carbocycles. The molecule has 0 aromatic heterocycles. The van der Waals surface area contributed by atoms with Gasteiger partial charge in [0.1, 0.15) is 5.75 Å². The van der Waals surface area contributed by atoms with Crippen LogP contribution in [0.1, 0.15) is 22.3 Å². The van der Waals surface area contributed by atoms with Crippen molar-refractivity contribution in [1.29, 1.82) is 0 Å². The highest BCUT2D eigenvalue weighted by atomic mass is 32.2. The van der Waals surface area contributed by atoms with E-state index in [1.165, 1.54) is 11.4 Å². The van der Waals surface area contributed by atoms with Crippen LogP contribution >= 0.6 is 0 Å². The fourth-order valence-corrected chi connectivity index (χ4v) is 4.35. The standard InChI is InChI=1S/C18H20N2O4S/c1-13-4-6-14(7-5-13)18(21)19-15-8-9-16(17(12-15)24-2)20-10-3-11-25(20,22)23/h4-9,12H,3,10-11H2,1-2H3,(H,19,21). The molecule has 1 N–H and O–H groups in total. The molecule has 0 atom stereocenters. The molecule has 1 aliphatic rings. The van der Waals surface area contributed by atoms with Gasteiger partial charge in [-0.1, -0.05) is 17.7 Å². The number of hydrogen-bond donors (Lipinski definition) is 1. The maximum Gasteiger partial charge on any atom is 0.255 e. The fraction of sp³-hybridized carbons (Fsp3) is 0.278. The van der Waals surface area contributed by atoms with E-state index >= 15 is 0 Å². The predicted octanol–water partition coefficient (Wildman–Crippen LogP) is 2.80. The molecule has 2 aromatic carbocycles. The Morgan fingerprint density at radius 1 is 1.16 bits per heavy atom. The molecule has 1 amide bonds. The third-order valence-electron chi connectivity index (χ3n) is 4.12. The van der Waals surface area contributed by atoms with Gasteiger partial charge in [0, 0.05) is 23.9 Å². The summed E-state index contributed by atoms with van der Waals surface area (Å²) in [7, 11) is -1.81. The molecule has 1 saturated heterocycles. The number of carbonyl (C=O) groups excluding carboxylic acids is 1. The van der Waals surface area contributed by atoms with Crippen LogP contribution in [0.5, 0.6) is 5.75 Å². The van der Waals surface area contributed by atoms with Crippen molar-refractivity contribution in [1.82, 2.24) is 0 Å². The smallest absolute Gasteiger partial charge is 0.255 e. The van der Waals surface area contributed by atoms with Gasteiger partial charge in [0.15, 0.2) is 0 Å². The molecule has 6 nitrogen and oxygen atoms in total. The summed E-state index contributed by atoms with van der Waals surface area (Å²) in [4.78, 5) is 12.3. The Labute approximate surface area is 147 Å². The number of amides is 1. The highest BCUT2D eigenvalue weighted by Gasteiger charge is 2.30. The zero-order valence-electron chi connectivity index (χ0n) is 14.2. The molecule has 0 radical (unpaired) electrons. The van der Waals surface area contributed by atoms with Crippen LogP contribution in [0.2, 0.25) is 0 Å². The average Bonchev–Trinajstić information content (AvgIpc) is 2.94. The molecule has 1 fully saturated rings. The monoisotopic (exact) mass is 360 g/mol. The molecule has 7 heteroatoms. The van der Waals surface area contributed by atoms with Crippen LogP contribution in [-0.4, -0.2) is 33.7 Å². The molecule has 0 spiro atoms. The lowest BCUT2D eigenvalue weighted by molar-refractivity contribution is 0.102. The minimum atomic E-state index is -3.29. The van der Waals surface area contributed by atoms with Crippen molar-refractivity contribution in [3.63, 3.8) is 0 Å². The van der Waals surface area contributed by atoms with E-state index in [0.29, 0.717) is 35.7 Å². The van der Waals surface area contributed by atoms with E-state index in [-0.39, 0.29) is 11.7 Å². The van der Waals surface area contributed by atoms with Crippen molar-refractivity contribution in [2.75, 3.05) is 29.0 Å². The summed E-state index contributed by atoms with van der Waals surface area (Å²) in [5.41, 5.74) is 2.67. The Kier molecular flexibility index (Phi) is 4.67.